The Morgan fingerprint density at radius 3 is 2.11 bits per heavy atom. The molecule has 4 aromatic carbocycles. The van der Waals surface area contributed by atoms with Crippen LogP contribution in [0, 0.1) is 0 Å². The number of nitrogens with one attached hydrogen (secondary N) is 4. The molecule has 0 aliphatic carbocycles. The van der Waals surface area contributed by atoms with Crippen LogP contribution in [0.4, 0.5) is 22.7 Å². The van der Waals surface area contributed by atoms with Crippen molar-refractivity contribution in [1.82, 2.24) is 20.6 Å². The molecule has 0 aromatic heterocycles. The maximum Gasteiger partial charge on any atom is 0.333 e. The number of benzene rings is 4. The molecule has 4 N–H and O–H groups in total. The summed E-state index contributed by atoms with van der Waals surface area (Å²) in [4.78, 5) is 117. The fourth-order valence-corrected chi connectivity index (χ4v) is 10.2. The molecule has 1 fully saturated rings. The molecule has 4 atom stereocenters. The summed E-state index contributed by atoms with van der Waals surface area (Å²) in [5, 5.41) is 12.0. The maximum atomic E-state index is 14.2. The molecule has 9 rings (SSSR count). The molecule has 0 saturated carbocycles. The molecule has 21 nitrogen and oxygen atoms in total. The molecule has 7 amide bonds. The van der Waals surface area contributed by atoms with E-state index in [0.717, 1.165) is 22.5 Å². The van der Waals surface area contributed by atoms with Gasteiger partial charge in [0, 0.05) is 74.1 Å². The summed E-state index contributed by atoms with van der Waals surface area (Å²) < 4.78 is 24.4. The Hall–Kier alpha value is -9.27. The Morgan fingerprint density at radius 1 is 0.775 bits per heavy atom. The molecule has 80 heavy (non-hydrogen) atoms. The lowest BCUT2D eigenvalue weighted by molar-refractivity contribution is -0.197. The number of unbranched alkanes of at least 4 members (excludes halogenated alkanes) is 1. The van der Waals surface area contributed by atoms with Crippen LogP contribution in [-0.2, 0) is 53.2 Å². The summed E-state index contributed by atoms with van der Waals surface area (Å²) in [5.41, 5.74) is 6.90. The highest BCUT2D eigenvalue weighted by Gasteiger charge is 2.39. The number of nitrogens with zero attached hydrogens (tertiary/aromatic N) is 4. The molecular weight excluding hydrogens is 1030 g/mol. The van der Waals surface area contributed by atoms with Crippen LogP contribution >= 0.6 is 0 Å². The Bertz CT molecular complexity index is 3280. The van der Waals surface area contributed by atoms with Crippen LogP contribution in [0.15, 0.2) is 108 Å². The van der Waals surface area contributed by atoms with E-state index in [2.05, 4.69) is 27.8 Å². The van der Waals surface area contributed by atoms with E-state index >= 15 is 0 Å². The molecule has 0 bridgehead atoms. The summed E-state index contributed by atoms with van der Waals surface area (Å²) >= 11 is 0. The second kappa shape index (κ2) is 24.2. The van der Waals surface area contributed by atoms with Crippen molar-refractivity contribution in [1.29, 1.82) is 0 Å². The number of fused-ring (bicyclic) bond motifs is 6. The highest BCUT2D eigenvalue weighted by atomic mass is 16.7. The molecule has 4 aromatic rings. The van der Waals surface area contributed by atoms with Gasteiger partial charge in [-0.05, 0) is 105 Å². The first-order chi connectivity index (χ1) is 38.6. The Labute approximate surface area is 461 Å². The van der Waals surface area contributed by atoms with E-state index in [1.54, 1.807) is 58.5 Å². The van der Waals surface area contributed by atoms with Gasteiger partial charge in [-0.1, -0.05) is 36.9 Å². The smallest absolute Gasteiger partial charge is 0.333 e. The summed E-state index contributed by atoms with van der Waals surface area (Å²) in [6.45, 7) is 9.26. The van der Waals surface area contributed by atoms with Crippen LogP contribution in [0.5, 0.6) is 23.0 Å². The van der Waals surface area contributed by atoms with Crippen molar-refractivity contribution >= 4 is 76.3 Å². The SMILES string of the molecule is C=CC1=C(/C=C\C)C[C@H]2CNc3cc(OCc4cc(COc5cc6c(cc5OC)C(=O)N5c7ccccc7C[C@H]5C=N6)cc(NC(=O)[C@H](C)NC(=O)[C@H](C)NC(=O)CCCCC(=O)ON5C(=O)CCC5=O)c4)c(OC)cc3C(=O)N12. The number of carbonyl (C=O) groups excluding carboxylic acids is 8. The van der Waals surface area contributed by atoms with Gasteiger partial charge in [0.2, 0.25) is 17.7 Å². The van der Waals surface area contributed by atoms with Gasteiger partial charge in [0.15, 0.2) is 23.0 Å². The number of hydrogen-bond donors (Lipinski definition) is 4. The molecule has 1 saturated heterocycles. The quantitative estimate of drug-likeness (QED) is 0.0488. The first kappa shape index (κ1) is 55.5. The number of ether oxygens (including phenoxy) is 4. The van der Waals surface area contributed by atoms with Crippen molar-refractivity contribution in [3.63, 3.8) is 0 Å². The number of para-hydroxylation sites is 1. The Kier molecular flexibility index (Phi) is 16.8. The number of hydrogen-bond acceptors (Lipinski definition) is 15. The van der Waals surface area contributed by atoms with E-state index in [1.165, 1.54) is 28.1 Å². The molecular formula is C59H62N8O13. The molecule has 0 spiro atoms. The van der Waals surface area contributed by atoms with Gasteiger partial charge in [0.1, 0.15) is 25.3 Å². The number of imide groups is 1. The minimum Gasteiger partial charge on any atom is -0.493 e. The van der Waals surface area contributed by atoms with Crippen LogP contribution in [0.25, 0.3) is 0 Å². The standard InChI is InChI=1S/C59H62N8O13/c1-7-13-37-23-40-29-60-44-27-50(48(76-5)25-42(44)58(74)65(40)46(37)8-2)78-31-35-20-36(32-79-51-28-45-43(26-49(51)77-6)59(75)66-41(30-61-45)24-38-14-9-10-15-47(38)66)22-39(21-35)64-57(73)34(4)63-56(72)33(3)62-52(68)16-11-12-17-55(71)80-67-53(69)18-19-54(67)70/h7-10,13-15,20-22,25-28,30,33-34,40-41,60H,2,11-12,16-19,23-24,29,31-32H2,1,3-6H3,(H,62,68)(H,63,72)(H,64,73)/b13-7-/t33-,34-,40-,41-/m0/s1. The van der Waals surface area contributed by atoms with Crippen molar-refractivity contribution in [3.05, 3.63) is 131 Å². The number of anilines is 3. The van der Waals surface area contributed by atoms with Crippen molar-refractivity contribution in [2.75, 3.05) is 36.3 Å². The average molecular weight is 1090 g/mol. The predicted molar refractivity (Wildman–Crippen MR) is 295 cm³/mol. The van der Waals surface area contributed by atoms with Crippen molar-refractivity contribution in [3.8, 4) is 23.0 Å². The highest BCUT2D eigenvalue weighted by molar-refractivity contribution is 6.15. The molecule has 0 radical (unpaired) electrons. The van der Waals surface area contributed by atoms with E-state index in [0.29, 0.717) is 86.8 Å². The first-order valence-electron chi connectivity index (χ1n) is 26.4. The van der Waals surface area contributed by atoms with Crippen LogP contribution in [0.3, 0.4) is 0 Å². The zero-order valence-electron chi connectivity index (χ0n) is 45.1. The molecule has 5 heterocycles. The summed E-state index contributed by atoms with van der Waals surface area (Å²) in [5.74, 6) is -2.79. The van der Waals surface area contributed by atoms with Crippen molar-refractivity contribution < 1.29 is 62.1 Å². The van der Waals surface area contributed by atoms with Gasteiger partial charge < -0.3 is 50.0 Å². The maximum absolute atomic E-state index is 14.2. The number of amides is 7. The minimum atomic E-state index is -1.08. The van der Waals surface area contributed by atoms with Gasteiger partial charge in [-0.25, -0.2) is 4.79 Å². The zero-order chi connectivity index (χ0) is 56.8. The largest absolute Gasteiger partial charge is 0.493 e. The first-order valence-corrected chi connectivity index (χ1v) is 26.4. The number of carbonyl (C=O) groups is 8. The van der Waals surface area contributed by atoms with Crippen LogP contribution < -0.4 is 45.1 Å². The van der Waals surface area contributed by atoms with Crippen molar-refractivity contribution in [2.45, 2.75) is 110 Å². The monoisotopic (exact) mass is 1090 g/mol. The fraction of sp³-hybridized carbons (Fsp3) is 0.339. The third-order valence-corrected chi connectivity index (χ3v) is 14.2. The average Bonchev–Trinajstić information content (AvgIpc) is 4.21. The van der Waals surface area contributed by atoms with E-state index in [-0.39, 0.29) is 75.6 Å². The third kappa shape index (κ3) is 11.9. The predicted octanol–water partition coefficient (Wildman–Crippen LogP) is 6.92. The highest BCUT2D eigenvalue weighted by Crippen LogP contribution is 2.43. The number of methoxy groups -OCH3 is 2. The van der Waals surface area contributed by atoms with Gasteiger partial charge in [0.05, 0.1) is 48.8 Å². The molecule has 5 aliphatic rings. The van der Waals surface area contributed by atoms with E-state index in [9.17, 15) is 38.4 Å². The van der Waals surface area contributed by atoms with E-state index in [1.807, 2.05) is 49.4 Å². The zero-order valence-corrected chi connectivity index (χ0v) is 45.1. The number of rotatable bonds is 21. The lowest BCUT2D eigenvalue weighted by Crippen LogP contribution is -2.50. The van der Waals surface area contributed by atoms with Gasteiger partial charge in [-0.15, -0.1) is 5.06 Å². The van der Waals surface area contributed by atoms with Crippen LogP contribution in [0.1, 0.15) is 103 Å². The minimum absolute atomic E-state index is 0.0239. The lowest BCUT2D eigenvalue weighted by atomic mass is 10.1. The number of hydroxylamine groups is 2. The van der Waals surface area contributed by atoms with Crippen LogP contribution in [-0.4, -0.2) is 108 Å². The van der Waals surface area contributed by atoms with Gasteiger partial charge in [-0.3, -0.25) is 43.5 Å². The molecule has 21 heteroatoms. The number of aliphatic imine (C=N–C) groups is 1. The van der Waals surface area contributed by atoms with Crippen molar-refractivity contribution in [2.24, 2.45) is 4.99 Å². The van der Waals surface area contributed by atoms with Gasteiger partial charge in [0.25, 0.3) is 23.6 Å². The topological polar surface area (TPSA) is 253 Å². The molecule has 0 unspecified atom stereocenters. The Morgan fingerprint density at radius 2 is 1.43 bits per heavy atom. The number of allylic oxidation sites excluding steroid dienone is 3. The third-order valence-electron chi connectivity index (χ3n) is 14.2. The van der Waals surface area contributed by atoms with Gasteiger partial charge in [-0.2, -0.15) is 0 Å². The molecule has 416 valence electrons. The lowest BCUT2D eigenvalue weighted by Gasteiger charge is -2.24. The summed E-state index contributed by atoms with van der Waals surface area (Å²) in [7, 11) is 2.96. The summed E-state index contributed by atoms with van der Waals surface area (Å²) in [6, 6.07) is 17.2. The Balaban J connectivity index is 0.891. The second-order valence-corrected chi connectivity index (χ2v) is 19.8. The van der Waals surface area contributed by atoms with Crippen LogP contribution in [0.2, 0.25) is 0 Å². The summed E-state index contributed by atoms with van der Waals surface area (Å²) in [6.07, 6.45) is 8.97. The van der Waals surface area contributed by atoms with E-state index in [4.69, 9.17) is 28.8 Å². The molecule has 5 aliphatic heterocycles. The van der Waals surface area contributed by atoms with Gasteiger partial charge >= 0.3 is 5.97 Å². The normalized spacial score (nSPS) is 17.7. The second-order valence-electron chi connectivity index (χ2n) is 19.8. The fourth-order valence-electron chi connectivity index (χ4n) is 10.2. The van der Waals surface area contributed by atoms with E-state index < -0.39 is 47.6 Å².